The van der Waals surface area contributed by atoms with Crippen molar-refractivity contribution >= 4 is 0 Å². The van der Waals surface area contributed by atoms with Crippen molar-refractivity contribution in [3.05, 3.63) is 93.3 Å². The lowest BCUT2D eigenvalue weighted by molar-refractivity contribution is 0.260. The van der Waals surface area contributed by atoms with Crippen LogP contribution in [0.15, 0.2) is 48.5 Å². The van der Waals surface area contributed by atoms with Gasteiger partial charge in [-0.25, -0.2) is 0 Å². The van der Waals surface area contributed by atoms with Crippen molar-refractivity contribution in [2.24, 2.45) is 0 Å². The Morgan fingerprint density at radius 3 is 1.08 bits per heavy atom. The number of benzene rings is 2. The van der Waals surface area contributed by atoms with E-state index in [0.717, 1.165) is 80.1 Å². The van der Waals surface area contributed by atoms with Gasteiger partial charge in [-0.2, -0.15) is 0 Å². The number of hydrogen-bond donors (Lipinski definition) is 4. The van der Waals surface area contributed by atoms with Crippen molar-refractivity contribution < 1.29 is 20.4 Å². The molecule has 6 heteroatoms. The molecule has 0 radical (unpaired) electrons. The van der Waals surface area contributed by atoms with Gasteiger partial charge in [-0.3, -0.25) is 0 Å². The van der Waals surface area contributed by atoms with E-state index in [1.165, 1.54) is 0 Å². The minimum Gasteiger partial charge on any atom is -0.392 e. The van der Waals surface area contributed by atoms with E-state index in [1.807, 2.05) is 0 Å². The van der Waals surface area contributed by atoms with Crippen LogP contribution in [0.1, 0.15) is 58.6 Å². The fourth-order valence-electron chi connectivity index (χ4n) is 5.85. The average molecular weight is 517 g/mol. The third kappa shape index (κ3) is 4.97. The third-order valence-corrected chi connectivity index (χ3v) is 7.69. The first kappa shape index (κ1) is 27.9. The number of nitrogens with zero attached hydrogens (tertiary/aromatic N) is 2. The second-order valence-electron chi connectivity index (χ2n) is 9.88. The zero-order valence-electron chi connectivity index (χ0n) is 23.0. The zero-order valence-corrected chi connectivity index (χ0v) is 23.0. The second-order valence-corrected chi connectivity index (χ2v) is 9.88. The Morgan fingerprint density at radius 2 is 0.816 bits per heavy atom. The molecule has 6 nitrogen and oxygen atoms in total. The number of aryl methyl sites for hydroxylation is 2. The maximum absolute atomic E-state index is 10.4. The molecule has 0 bridgehead atoms. The Bertz CT molecular complexity index is 1270. The van der Waals surface area contributed by atoms with Crippen LogP contribution in [0, 0.1) is 13.8 Å². The molecule has 0 saturated carbocycles. The van der Waals surface area contributed by atoms with Gasteiger partial charge in [-0.1, -0.05) is 73.5 Å². The standard InChI is InChI=1S/C32H40N2O4/c1-5-29-25(17-35)27(19-37)31(23-11-7-21(3)8-12-23)33(29)15-16-34-30(6-2)26(18-36)28(20-38)32(34)24-13-9-22(4)10-14-24/h7-14,35-38H,5-6,15-20H2,1-4H3. The summed E-state index contributed by atoms with van der Waals surface area (Å²) >= 11 is 0. The van der Waals surface area contributed by atoms with Crippen LogP contribution >= 0.6 is 0 Å². The molecule has 38 heavy (non-hydrogen) atoms. The van der Waals surface area contributed by atoms with E-state index in [-0.39, 0.29) is 26.4 Å². The van der Waals surface area contributed by atoms with Crippen molar-refractivity contribution in [1.29, 1.82) is 0 Å². The first-order chi connectivity index (χ1) is 18.4. The number of rotatable bonds is 11. The Labute approximate surface area is 225 Å². The van der Waals surface area contributed by atoms with Gasteiger partial charge < -0.3 is 29.6 Å². The molecule has 4 N–H and O–H groups in total. The van der Waals surface area contributed by atoms with E-state index < -0.39 is 0 Å². The highest BCUT2D eigenvalue weighted by Gasteiger charge is 2.25. The molecule has 0 amide bonds. The fourth-order valence-corrected chi connectivity index (χ4v) is 5.85. The van der Waals surface area contributed by atoms with E-state index in [2.05, 4.69) is 85.4 Å². The number of aliphatic hydroxyl groups excluding tert-OH is 4. The lowest BCUT2D eigenvalue weighted by atomic mass is 10.0. The Morgan fingerprint density at radius 1 is 0.500 bits per heavy atom. The van der Waals surface area contributed by atoms with Crippen LogP contribution in [0.2, 0.25) is 0 Å². The third-order valence-electron chi connectivity index (χ3n) is 7.69. The maximum Gasteiger partial charge on any atom is 0.0706 e. The first-order valence-electron chi connectivity index (χ1n) is 13.5. The van der Waals surface area contributed by atoms with Gasteiger partial charge in [-0.05, 0) is 37.8 Å². The van der Waals surface area contributed by atoms with Crippen LogP contribution in [0.4, 0.5) is 0 Å². The molecule has 0 fully saturated rings. The SMILES string of the molecule is CCc1c(CO)c(CO)c(-c2ccc(C)cc2)n1CCn1c(CC)c(CO)c(CO)c1-c1ccc(C)cc1. The molecule has 0 saturated heterocycles. The van der Waals surface area contributed by atoms with E-state index in [4.69, 9.17) is 0 Å². The first-order valence-corrected chi connectivity index (χ1v) is 13.5. The Hall–Kier alpha value is -3.16. The fraction of sp³-hybridized carbons (Fsp3) is 0.375. The van der Waals surface area contributed by atoms with Gasteiger partial charge in [-0.15, -0.1) is 0 Å². The van der Waals surface area contributed by atoms with Crippen LogP contribution in [-0.4, -0.2) is 29.6 Å². The molecule has 2 aromatic carbocycles. The van der Waals surface area contributed by atoms with Crippen LogP contribution < -0.4 is 0 Å². The molecule has 202 valence electrons. The van der Waals surface area contributed by atoms with E-state index in [9.17, 15) is 20.4 Å². The molecule has 0 unspecified atom stereocenters. The summed E-state index contributed by atoms with van der Waals surface area (Å²) < 4.78 is 4.47. The summed E-state index contributed by atoms with van der Waals surface area (Å²) in [6.45, 7) is 8.89. The van der Waals surface area contributed by atoms with Gasteiger partial charge in [0.2, 0.25) is 0 Å². The normalized spacial score (nSPS) is 11.5. The van der Waals surface area contributed by atoms with Crippen LogP contribution in [0.5, 0.6) is 0 Å². The number of aromatic nitrogens is 2. The highest BCUT2D eigenvalue weighted by Crippen LogP contribution is 2.36. The molecule has 0 spiro atoms. The van der Waals surface area contributed by atoms with Crippen LogP contribution in [0.25, 0.3) is 22.5 Å². The predicted molar refractivity (Wildman–Crippen MR) is 152 cm³/mol. The second kappa shape index (κ2) is 12.1. The van der Waals surface area contributed by atoms with Crippen molar-refractivity contribution in [3.8, 4) is 22.5 Å². The molecule has 0 aliphatic carbocycles. The average Bonchev–Trinajstić information content (AvgIpc) is 3.42. The lowest BCUT2D eigenvalue weighted by Crippen LogP contribution is -2.14. The summed E-state index contributed by atoms with van der Waals surface area (Å²) in [5, 5.41) is 41.3. The predicted octanol–water partition coefficient (Wildman–Crippen LogP) is 5.03. The van der Waals surface area contributed by atoms with Crippen LogP contribution in [-0.2, 0) is 52.4 Å². The zero-order chi connectivity index (χ0) is 27.4. The van der Waals surface area contributed by atoms with E-state index in [0.29, 0.717) is 13.1 Å². The lowest BCUT2D eigenvalue weighted by Gasteiger charge is -2.19. The molecule has 0 atom stereocenters. The van der Waals surface area contributed by atoms with Gasteiger partial charge in [0.15, 0.2) is 0 Å². The van der Waals surface area contributed by atoms with E-state index >= 15 is 0 Å². The molecule has 2 heterocycles. The molecular weight excluding hydrogens is 476 g/mol. The van der Waals surface area contributed by atoms with Crippen molar-refractivity contribution in [2.75, 3.05) is 0 Å². The topological polar surface area (TPSA) is 90.8 Å². The summed E-state index contributed by atoms with van der Waals surface area (Å²) in [5.74, 6) is 0. The largest absolute Gasteiger partial charge is 0.392 e. The molecular formula is C32H40N2O4. The molecule has 4 aromatic rings. The van der Waals surface area contributed by atoms with Gasteiger partial charge in [0, 0.05) is 46.7 Å². The highest BCUT2D eigenvalue weighted by atomic mass is 16.3. The summed E-state index contributed by atoms with van der Waals surface area (Å²) in [7, 11) is 0. The molecule has 4 rings (SSSR count). The van der Waals surface area contributed by atoms with Gasteiger partial charge in [0.05, 0.1) is 37.8 Å². The maximum atomic E-state index is 10.4. The van der Waals surface area contributed by atoms with E-state index in [1.54, 1.807) is 0 Å². The van der Waals surface area contributed by atoms with Crippen molar-refractivity contribution in [2.45, 2.75) is 80.1 Å². The molecule has 2 aromatic heterocycles. The Kier molecular flexibility index (Phi) is 8.90. The summed E-state index contributed by atoms with van der Waals surface area (Å²) in [6, 6.07) is 16.5. The molecule has 0 aliphatic heterocycles. The number of aliphatic hydroxyl groups is 4. The van der Waals surface area contributed by atoms with Gasteiger partial charge in [0.25, 0.3) is 0 Å². The minimum atomic E-state index is -0.152. The Balaban J connectivity index is 1.90. The number of hydrogen-bond acceptors (Lipinski definition) is 4. The summed E-state index contributed by atoms with van der Waals surface area (Å²) in [4.78, 5) is 0. The van der Waals surface area contributed by atoms with Crippen molar-refractivity contribution in [1.82, 2.24) is 9.13 Å². The van der Waals surface area contributed by atoms with Crippen molar-refractivity contribution in [3.63, 3.8) is 0 Å². The monoisotopic (exact) mass is 516 g/mol. The molecule has 0 aliphatic rings. The van der Waals surface area contributed by atoms with Crippen LogP contribution in [0.3, 0.4) is 0 Å². The summed E-state index contributed by atoms with van der Waals surface area (Å²) in [5.41, 5.74) is 11.3. The highest BCUT2D eigenvalue weighted by molar-refractivity contribution is 5.69. The summed E-state index contributed by atoms with van der Waals surface area (Å²) in [6.07, 6.45) is 1.44. The minimum absolute atomic E-state index is 0.132. The van der Waals surface area contributed by atoms with Gasteiger partial charge >= 0.3 is 0 Å². The quantitative estimate of drug-likeness (QED) is 0.225. The van der Waals surface area contributed by atoms with Gasteiger partial charge in [0.1, 0.15) is 0 Å². The smallest absolute Gasteiger partial charge is 0.0706 e.